The summed E-state index contributed by atoms with van der Waals surface area (Å²) in [6.45, 7) is 2.58. The normalized spacial score (nSPS) is 16.9. The number of rotatable bonds is 15. The number of oxime groups is 1. The highest BCUT2D eigenvalue weighted by molar-refractivity contribution is 8.00. The average molecular weight is 862 g/mol. The maximum Gasteiger partial charge on any atom is 0.430 e. The molecule has 0 unspecified atom stereocenters. The van der Waals surface area contributed by atoms with Crippen LogP contribution in [0.1, 0.15) is 19.7 Å². The molecular weight excluding hydrogens is 828 g/mol. The number of fused-ring (bicyclic) bond motifs is 1. The van der Waals surface area contributed by atoms with E-state index in [1.807, 2.05) is 0 Å². The summed E-state index contributed by atoms with van der Waals surface area (Å²) in [4.78, 5) is 94.1. The molecule has 1 aromatic carbocycles. The molecule has 2 atom stereocenters. The molecule has 1 saturated heterocycles. The number of nitrogens with one attached hydrogen (secondary N) is 3. The van der Waals surface area contributed by atoms with Crippen molar-refractivity contribution in [1.82, 2.24) is 24.3 Å². The minimum absolute atomic E-state index is 0.0150. The fourth-order valence-electron chi connectivity index (χ4n) is 4.99. The lowest BCUT2D eigenvalue weighted by molar-refractivity contribution is -0.765. The molecule has 314 valence electrons. The molecule has 0 aliphatic carbocycles. The third-order valence-electron chi connectivity index (χ3n) is 8.25. The molecule has 29 heteroatoms. The van der Waals surface area contributed by atoms with E-state index in [9.17, 15) is 52.2 Å². The van der Waals surface area contributed by atoms with E-state index >= 15 is 0 Å². The predicted molar refractivity (Wildman–Crippen MR) is 195 cm³/mol. The molecule has 58 heavy (non-hydrogen) atoms. The van der Waals surface area contributed by atoms with E-state index in [0.29, 0.717) is 5.57 Å². The van der Waals surface area contributed by atoms with Crippen LogP contribution < -0.4 is 59.5 Å². The van der Waals surface area contributed by atoms with Gasteiger partial charge in [0.25, 0.3) is 22.7 Å². The second kappa shape index (κ2) is 17.0. The van der Waals surface area contributed by atoms with Crippen molar-refractivity contribution >= 4 is 86.7 Å². The van der Waals surface area contributed by atoms with Crippen molar-refractivity contribution in [3.8, 4) is 0 Å². The van der Waals surface area contributed by atoms with Crippen molar-refractivity contribution < 1.29 is 62.0 Å². The summed E-state index contributed by atoms with van der Waals surface area (Å²) >= 11 is 1.92. The lowest BCUT2D eigenvalue weighted by Crippen LogP contribution is -2.71. The molecule has 24 nitrogen and oxygen atoms in total. The molecule has 2 aromatic heterocycles. The SMILES string of the molecule is Cn1c(N)c(Nc2c(NC(CN)CN)c(=O)c2=O)c[n+]1CC1=C(C(=O)O)N2C(=O)[C@@H](NC(=O)/C(=N\OC(C)(C)C(=O)O)c3nsc(N)n3)[C@H]2SC1.O=C([O-])C(F)(F)F. The molecule has 0 spiro atoms. The van der Waals surface area contributed by atoms with E-state index in [0.717, 1.165) is 16.4 Å². The highest BCUT2D eigenvalue weighted by Gasteiger charge is 2.55. The Balaban J connectivity index is 0.000000973. The Hall–Kier alpha value is -6.33. The lowest BCUT2D eigenvalue weighted by Gasteiger charge is -2.49. The van der Waals surface area contributed by atoms with Crippen molar-refractivity contribution in [1.29, 1.82) is 0 Å². The molecule has 1 fully saturated rings. The van der Waals surface area contributed by atoms with E-state index in [-0.39, 0.29) is 64.9 Å². The average Bonchev–Trinajstić information content (AvgIpc) is 3.70. The molecule has 13 N–H and O–H groups in total. The first-order chi connectivity index (χ1) is 26.9. The second-order valence-electron chi connectivity index (χ2n) is 12.6. The van der Waals surface area contributed by atoms with Crippen LogP contribution >= 0.6 is 23.3 Å². The summed E-state index contributed by atoms with van der Waals surface area (Å²) in [5.74, 6) is -7.50. The third-order valence-corrected chi connectivity index (χ3v) is 10.1. The number of thioether (sulfide) groups is 1. The number of nitrogens with two attached hydrogens (primary N) is 4. The van der Waals surface area contributed by atoms with Crippen LogP contribution in [0.2, 0.25) is 0 Å². The molecule has 5 rings (SSSR count). The van der Waals surface area contributed by atoms with Crippen LogP contribution in [0.4, 0.5) is 41.2 Å². The Morgan fingerprint density at radius 1 is 1.12 bits per heavy atom. The number of alkyl halides is 3. The zero-order valence-electron chi connectivity index (χ0n) is 30.1. The van der Waals surface area contributed by atoms with Crippen molar-refractivity contribution in [3.63, 3.8) is 0 Å². The molecule has 2 amide bonds. The van der Waals surface area contributed by atoms with Gasteiger partial charge >= 0.3 is 18.1 Å². The first-order valence-electron chi connectivity index (χ1n) is 16.1. The van der Waals surface area contributed by atoms with Crippen LogP contribution in [0, 0.1) is 0 Å². The highest BCUT2D eigenvalue weighted by atomic mass is 32.2. The number of nitrogen functional groups attached to an aromatic ring is 2. The van der Waals surface area contributed by atoms with Gasteiger partial charge in [-0.15, -0.1) is 21.1 Å². The molecule has 2 aliphatic rings. The van der Waals surface area contributed by atoms with Gasteiger partial charge in [-0.2, -0.15) is 22.5 Å². The van der Waals surface area contributed by atoms with Gasteiger partial charge in [-0.3, -0.25) is 24.1 Å². The van der Waals surface area contributed by atoms with E-state index in [1.165, 1.54) is 36.5 Å². The van der Waals surface area contributed by atoms with Crippen molar-refractivity contribution in [2.45, 2.75) is 49.6 Å². The second-order valence-corrected chi connectivity index (χ2v) is 14.5. The zero-order chi connectivity index (χ0) is 43.6. The molecule has 3 aromatic rings. The van der Waals surface area contributed by atoms with Gasteiger partial charge in [-0.05, 0) is 13.8 Å². The number of aliphatic carboxylic acids is 3. The summed E-state index contributed by atoms with van der Waals surface area (Å²) < 4.78 is 38.5. The highest BCUT2D eigenvalue weighted by Crippen LogP contribution is 2.40. The Morgan fingerprint density at radius 2 is 1.72 bits per heavy atom. The summed E-state index contributed by atoms with van der Waals surface area (Å²) in [7, 11) is 1.59. The van der Waals surface area contributed by atoms with E-state index < -0.39 is 75.5 Å². The van der Waals surface area contributed by atoms with Crippen LogP contribution in [-0.4, -0.2) is 113 Å². The predicted octanol–water partition coefficient (Wildman–Crippen LogP) is -4.31. The summed E-state index contributed by atoms with van der Waals surface area (Å²) in [5, 5.41) is 39.4. The number of amides is 2. The van der Waals surface area contributed by atoms with Gasteiger partial charge in [0.15, 0.2) is 23.2 Å². The van der Waals surface area contributed by atoms with Crippen molar-refractivity contribution in [3.05, 3.63) is 43.7 Å². The first-order valence-corrected chi connectivity index (χ1v) is 18.0. The van der Waals surface area contributed by atoms with Crippen LogP contribution in [-0.2, 0) is 42.4 Å². The number of hydrogen-bond acceptors (Lipinski definition) is 20. The van der Waals surface area contributed by atoms with Gasteiger partial charge in [0.1, 0.15) is 34.5 Å². The quantitative estimate of drug-likeness (QED) is 0.0229. The standard InChI is InChI=1S/C27H33N13O9S2.C2HF3O2/c1-27(2,25(47)48)49-36-14(20-35-26(31)51-37-20)21(43)34-15-22(44)40-16(24(45)46)9(8-50-23(15)40)6-39-7-11(19(30)38(39)3)33-13-12(17(41)18(13)42)32-10(4-28)5-29;3-2(4,5)1(6)7/h7,10,15,23,30H,4-6,8,28-29H2,1-3H3,(H7,31,32,33,34,35,36,37,41,42,43,45,46,47,48);(H,6,7)/t15-,23-;/m1./s1. The molecule has 0 bridgehead atoms. The minimum Gasteiger partial charge on any atom is -0.542 e. The number of halogens is 3. The van der Waals surface area contributed by atoms with Gasteiger partial charge in [0.05, 0.1) is 13.1 Å². The van der Waals surface area contributed by atoms with Gasteiger partial charge in [-0.25, -0.2) is 9.59 Å². The molecule has 2 aliphatic heterocycles. The smallest absolute Gasteiger partial charge is 0.430 e. The van der Waals surface area contributed by atoms with Gasteiger partial charge in [0, 0.05) is 35.9 Å². The molecule has 0 saturated carbocycles. The minimum atomic E-state index is -5.19. The summed E-state index contributed by atoms with van der Waals surface area (Å²) in [6.07, 6.45) is -3.68. The Labute approximate surface area is 330 Å². The zero-order valence-corrected chi connectivity index (χ0v) is 31.8. The van der Waals surface area contributed by atoms with Gasteiger partial charge < -0.3 is 63.8 Å². The first kappa shape index (κ1) is 44.4. The van der Waals surface area contributed by atoms with Gasteiger partial charge in [0.2, 0.25) is 23.3 Å². The number of nitrogens with zero attached hydrogens (tertiary/aromatic N) is 6. The van der Waals surface area contributed by atoms with E-state index in [2.05, 4.69) is 30.5 Å². The number of carboxylic acids is 3. The van der Waals surface area contributed by atoms with Crippen LogP contribution in [0.3, 0.4) is 0 Å². The fourth-order valence-corrected chi connectivity index (χ4v) is 6.76. The molecule has 0 radical (unpaired) electrons. The molecular formula is C29H34F3N13O11S2. The van der Waals surface area contributed by atoms with Crippen LogP contribution in [0.5, 0.6) is 0 Å². The lowest BCUT2D eigenvalue weighted by atomic mass is 10.0. The third kappa shape index (κ3) is 9.11. The van der Waals surface area contributed by atoms with Crippen molar-refractivity contribution in [2.24, 2.45) is 23.7 Å². The molecule has 4 heterocycles. The summed E-state index contributed by atoms with van der Waals surface area (Å²) in [5.41, 5.74) is 19.6. The van der Waals surface area contributed by atoms with Crippen molar-refractivity contribution in [2.75, 3.05) is 40.9 Å². The number of carboxylic acid groups (broad SMARTS) is 3. The number of carbonyl (C=O) groups is 5. The maximum absolute atomic E-state index is 13.4. The number of aromatic nitrogens is 4. The number of carbonyl (C=O) groups excluding carboxylic acids is 3. The van der Waals surface area contributed by atoms with Gasteiger partial charge in [-0.1, -0.05) is 5.16 Å². The van der Waals surface area contributed by atoms with Crippen LogP contribution in [0.25, 0.3) is 0 Å². The Bertz CT molecular complexity index is 2280. The Morgan fingerprint density at radius 3 is 2.24 bits per heavy atom. The Kier molecular flexibility index (Phi) is 13.0. The largest absolute Gasteiger partial charge is 0.542 e. The van der Waals surface area contributed by atoms with E-state index in [1.54, 1.807) is 11.7 Å². The number of anilines is 5. The monoisotopic (exact) mass is 861 g/mol. The topological polar surface area (TPSA) is 383 Å². The summed E-state index contributed by atoms with van der Waals surface area (Å²) in [6, 6.07) is -1.65. The fraction of sp³-hybridized carbons (Fsp3) is 0.414. The number of β-lactam (4-membered cyclic amide) rings is 1. The van der Waals surface area contributed by atoms with E-state index in [4.69, 9.17) is 37.7 Å². The van der Waals surface area contributed by atoms with Crippen LogP contribution in [0.15, 0.2) is 32.2 Å². The number of hydrogen-bond donors (Lipinski definition) is 9. The maximum atomic E-state index is 13.4.